The Morgan fingerprint density at radius 3 is 1.31 bits per heavy atom. The summed E-state index contributed by atoms with van der Waals surface area (Å²) < 4.78 is 0. The fourth-order valence-electron chi connectivity index (χ4n) is 3.65. The highest BCUT2D eigenvalue weighted by Crippen LogP contribution is 2.31. The lowest BCUT2D eigenvalue weighted by Crippen LogP contribution is -2.36. The van der Waals surface area contributed by atoms with Gasteiger partial charge in [0.05, 0.1) is 12.4 Å². The van der Waals surface area contributed by atoms with E-state index < -0.39 is 0 Å². The molecule has 0 bridgehead atoms. The van der Waals surface area contributed by atoms with Crippen LogP contribution in [0.3, 0.4) is 0 Å². The van der Waals surface area contributed by atoms with Crippen molar-refractivity contribution >= 4 is 68.6 Å². The Morgan fingerprint density at radius 2 is 1.00 bits per heavy atom. The van der Waals surface area contributed by atoms with Crippen molar-refractivity contribution in [3.8, 4) is 0 Å². The fourth-order valence-corrected chi connectivity index (χ4v) is 3.96. The first-order valence-corrected chi connectivity index (χ1v) is 12.5. The molecule has 0 fully saturated rings. The summed E-state index contributed by atoms with van der Waals surface area (Å²) in [7, 11) is 8.09. The smallest absolute Gasteiger partial charge is 0.187 e. The van der Waals surface area contributed by atoms with E-state index in [1.807, 2.05) is 64.9 Å². The third-order valence-corrected chi connectivity index (χ3v) is 5.89. The van der Waals surface area contributed by atoms with Crippen LogP contribution >= 0.6 is 24.4 Å². The molecule has 36 heavy (non-hydrogen) atoms. The number of fused-ring (bicyclic) bond motifs is 2. The van der Waals surface area contributed by atoms with Crippen molar-refractivity contribution in [3.05, 3.63) is 59.7 Å². The molecule has 190 valence electrons. The van der Waals surface area contributed by atoms with Crippen molar-refractivity contribution in [2.45, 2.75) is 0 Å². The van der Waals surface area contributed by atoms with Crippen LogP contribution in [0.15, 0.2) is 58.7 Å². The largest absolute Gasteiger partial charge is 0.360 e. The van der Waals surface area contributed by atoms with Crippen molar-refractivity contribution < 1.29 is 0 Å². The maximum atomic E-state index is 5.34. The zero-order valence-corrected chi connectivity index (χ0v) is 22.8. The van der Waals surface area contributed by atoms with Crippen LogP contribution < -0.4 is 21.5 Å². The van der Waals surface area contributed by atoms with E-state index in [1.165, 1.54) is 0 Å². The Morgan fingerprint density at radius 1 is 0.667 bits per heavy atom. The number of benzene rings is 3. The topological polar surface area (TPSA) is 79.3 Å². The molecule has 3 rings (SSSR count). The molecule has 0 spiro atoms. The quantitative estimate of drug-likeness (QED) is 0.140. The number of nitrogens with zero attached hydrogens (tertiary/aromatic N) is 4. The van der Waals surface area contributed by atoms with E-state index in [0.29, 0.717) is 10.2 Å². The molecular weight excluding hydrogens is 488 g/mol. The van der Waals surface area contributed by atoms with Crippen LogP contribution in [-0.4, -0.2) is 86.8 Å². The third-order valence-electron chi connectivity index (χ3n) is 5.42. The van der Waals surface area contributed by atoms with E-state index in [1.54, 1.807) is 0 Å². The van der Waals surface area contributed by atoms with E-state index in [4.69, 9.17) is 24.4 Å². The molecular formula is C26H34N8S2. The van der Waals surface area contributed by atoms with Crippen molar-refractivity contribution in [3.63, 3.8) is 0 Å². The third kappa shape index (κ3) is 7.92. The van der Waals surface area contributed by atoms with Gasteiger partial charge < -0.3 is 20.4 Å². The van der Waals surface area contributed by atoms with Crippen LogP contribution in [0.5, 0.6) is 0 Å². The standard InChI is InChI=1S/C26H34N8S2/c1-33(2)15-13-27-25(35)31-29-17-23-19-9-5-7-11-21(19)24(22-12-8-6-10-20(22)23)18-30-32-26(36)28-14-16-34(3)4/h5-12,17-18H,13-16H2,1-4H3,(H2,27,31,35)(H2,28,32,36)/b29-17+,30-18+. The minimum atomic E-state index is 0.492. The number of thiocarbonyl (C=S) groups is 2. The first-order chi connectivity index (χ1) is 17.4. The Kier molecular flexibility index (Phi) is 10.5. The summed E-state index contributed by atoms with van der Waals surface area (Å²) in [5.41, 5.74) is 7.88. The van der Waals surface area contributed by atoms with Gasteiger partial charge in [0.15, 0.2) is 10.2 Å². The molecule has 4 N–H and O–H groups in total. The minimum Gasteiger partial charge on any atom is -0.360 e. The van der Waals surface area contributed by atoms with Crippen molar-refractivity contribution in [1.29, 1.82) is 0 Å². The van der Waals surface area contributed by atoms with Gasteiger partial charge in [-0.05, 0) is 74.2 Å². The molecule has 0 amide bonds. The van der Waals surface area contributed by atoms with Gasteiger partial charge in [0.1, 0.15) is 0 Å². The normalized spacial score (nSPS) is 11.7. The summed E-state index contributed by atoms with van der Waals surface area (Å²) >= 11 is 10.7. The van der Waals surface area contributed by atoms with Crippen molar-refractivity contribution in [2.75, 3.05) is 54.4 Å². The highest BCUT2D eigenvalue weighted by atomic mass is 32.1. The Bertz CT molecular complexity index is 1100. The number of rotatable bonds is 10. The van der Waals surface area contributed by atoms with E-state index in [-0.39, 0.29) is 0 Å². The summed E-state index contributed by atoms with van der Waals surface area (Å²) in [4.78, 5) is 4.18. The van der Waals surface area contributed by atoms with Crippen LogP contribution in [-0.2, 0) is 0 Å². The molecule has 3 aromatic carbocycles. The monoisotopic (exact) mass is 522 g/mol. The molecule has 0 aliphatic rings. The predicted octanol–water partition coefficient (Wildman–Crippen LogP) is 2.71. The van der Waals surface area contributed by atoms with Gasteiger partial charge in [-0.3, -0.25) is 10.9 Å². The highest BCUT2D eigenvalue weighted by Gasteiger charge is 2.11. The van der Waals surface area contributed by atoms with Crippen LogP contribution in [0.2, 0.25) is 0 Å². The van der Waals surface area contributed by atoms with Crippen molar-refractivity contribution in [1.82, 2.24) is 31.3 Å². The van der Waals surface area contributed by atoms with E-state index in [0.717, 1.165) is 58.9 Å². The average molecular weight is 523 g/mol. The van der Waals surface area contributed by atoms with Crippen LogP contribution in [0.1, 0.15) is 11.1 Å². The van der Waals surface area contributed by atoms with Gasteiger partial charge in [0, 0.05) is 37.3 Å². The molecule has 0 saturated heterocycles. The maximum Gasteiger partial charge on any atom is 0.187 e. The van der Waals surface area contributed by atoms with Gasteiger partial charge in [0.25, 0.3) is 0 Å². The molecule has 3 aromatic rings. The first-order valence-electron chi connectivity index (χ1n) is 11.7. The average Bonchev–Trinajstić information content (AvgIpc) is 2.84. The lowest BCUT2D eigenvalue weighted by molar-refractivity contribution is 0.412. The van der Waals surface area contributed by atoms with Crippen molar-refractivity contribution in [2.24, 2.45) is 10.2 Å². The van der Waals surface area contributed by atoms with Gasteiger partial charge in [-0.1, -0.05) is 48.5 Å². The molecule has 0 atom stereocenters. The lowest BCUT2D eigenvalue weighted by atomic mass is 9.92. The number of hydrogen-bond acceptors (Lipinski definition) is 6. The Labute approximate surface area is 223 Å². The van der Waals surface area contributed by atoms with Gasteiger partial charge in [-0.25, -0.2) is 0 Å². The second-order valence-corrected chi connectivity index (χ2v) is 9.59. The van der Waals surface area contributed by atoms with Crippen LogP contribution in [0.4, 0.5) is 0 Å². The second-order valence-electron chi connectivity index (χ2n) is 8.78. The first kappa shape index (κ1) is 27.4. The fraction of sp³-hybridized carbons (Fsp3) is 0.308. The van der Waals surface area contributed by atoms with E-state index in [2.05, 4.69) is 65.8 Å². The minimum absolute atomic E-state index is 0.492. The molecule has 8 nitrogen and oxygen atoms in total. The molecule has 0 saturated carbocycles. The summed E-state index contributed by atoms with van der Waals surface area (Å²) in [5.74, 6) is 0. The summed E-state index contributed by atoms with van der Waals surface area (Å²) in [5, 5.41) is 20.4. The molecule has 0 aromatic heterocycles. The second kappa shape index (κ2) is 13.8. The molecule has 0 aliphatic carbocycles. The number of likely N-dealkylation sites (N-methyl/N-ethyl adjacent to an activating group) is 2. The molecule has 0 radical (unpaired) electrons. The molecule has 10 heteroatoms. The SMILES string of the molecule is CN(C)CCNC(=S)N/N=C/c1c2ccccc2c(/C=N/NC(=S)NCCN(C)C)c2ccccc12. The number of nitrogens with one attached hydrogen (secondary N) is 4. The molecule has 0 aliphatic heterocycles. The summed E-state index contributed by atoms with van der Waals surface area (Å²) in [6, 6.07) is 16.5. The zero-order valence-electron chi connectivity index (χ0n) is 21.2. The van der Waals surface area contributed by atoms with Crippen LogP contribution in [0.25, 0.3) is 21.5 Å². The summed E-state index contributed by atoms with van der Waals surface area (Å²) in [6.07, 6.45) is 3.65. The van der Waals surface area contributed by atoms with Gasteiger partial charge in [0.2, 0.25) is 0 Å². The van der Waals surface area contributed by atoms with Gasteiger partial charge in [-0.15, -0.1) is 0 Å². The lowest BCUT2D eigenvalue weighted by Gasteiger charge is -2.13. The number of hydrazone groups is 2. The Hall–Kier alpha value is -3.18. The van der Waals surface area contributed by atoms with E-state index in [9.17, 15) is 0 Å². The summed E-state index contributed by atoms with van der Waals surface area (Å²) in [6.45, 7) is 3.26. The molecule has 0 heterocycles. The molecule has 0 unspecified atom stereocenters. The number of hydrogen-bond donors (Lipinski definition) is 4. The van der Waals surface area contributed by atoms with Gasteiger partial charge in [-0.2, -0.15) is 10.2 Å². The maximum absolute atomic E-state index is 5.34. The van der Waals surface area contributed by atoms with Gasteiger partial charge >= 0.3 is 0 Å². The highest BCUT2D eigenvalue weighted by molar-refractivity contribution is 7.80. The van der Waals surface area contributed by atoms with E-state index >= 15 is 0 Å². The zero-order chi connectivity index (χ0) is 25.9. The van der Waals surface area contributed by atoms with Crippen LogP contribution in [0, 0.1) is 0 Å². The Balaban J connectivity index is 1.85. The predicted molar refractivity (Wildman–Crippen MR) is 161 cm³/mol.